The number of aromatic nitrogens is 2. The highest BCUT2D eigenvalue weighted by molar-refractivity contribution is 5.88. The maximum absolute atomic E-state index is 12.9. The number of halogens is 1. The van der Waals surface area contributed by atoms with Crippen LogP contribution in [0.3, 0.4) is 0 Å². The average molecular weight is 222 g/mol. The zero-order chi connectivity index (χ0) is 11.9. The Balaban J connectivity index is 2.96. The molecular weight excluding hydrogens is 215 g/mol. The number of hydrogen-bond acceptors (Lipinski definition) is 3. The van der Waals surface area contributed by atoms with Crippen molar-refractivity contribution < 1.29 is 14.3 Å². The summed E-state index contributed by atoms with van der Waals surface area (Å²) in [6.45, 7) is 1.42. The summed E-state index contributed by atoms with van der Waals surface area (Å²) in [4.78, 5) is 26.5. The molecule has 0 aromatic carbocycles. The van der Waals surface area contributed by atoms with Gasteiger partial charge in [-0.2, -0.15) is 0 Å². The molecule has 16 heavy (non-hydrogen) atoms. The molecule has 0 saturated heterocycles. The molecule has 1 N–H and O–H groups in total. The van der Waals surface area contributed by atoms with Crippen molar-refractivity contribution in [2.75, 3.05) is 0 Å². The predicted molar refractivity (Wildman–Crippen MR) is 53.1 cm³/mol. The van der Waals surface area contributed by atoms with Gasteiger partial charge in [0.25, 0.3) is 5.56 Å². The molecule has 82 valence electrons. The maximum atomic E-state index is 12.9. The van der Waals surface area contributed by atoms with Gasteiger partial charge in [0.05, 0.1) is 5.69 Å². The molecule has 0 radical (unpaired) electrons. The molecule has 6 heteroatoms. The number of aromatic carboxylic acids is 1. The second kappa shape index (κ2) is 3.41. The molecule has 2 rings (SSSR count). The van der Waals surface area contributed by atoms with Gasteiger partial charge in [0, 0.05) is 6.20 Å². The fourth-order valence-electron chi connectivity index (χ4n) is 1.47. The van der Waals surface area contributed by atoms with Crippen LogP contribution in [-0.2, 0) is 0 Å². The molecule has 2 aromatic rings. The lowest BCUT2D eigenvalue weighted by Gasteiger charge is -2.04. The van der Waals surface area contributed by atoms with E-state index in [4.69, 9.17) is 5.11 Å². The Bertz CT molecular complexity index is 648. The van der Waals surface area contributed by atoms with E-state index in [1.54, 1.807) is 0 Å². The first-order valence-electron chi connectivity index (χ1n) is 4.42. The first kappa shape index (κ1) is 10.3. The van der Waals surface area contributed by atoms with E-state index >= 15 is 0 Å². The predicted octanol–water partition coefficient (Wildman–Crippen LogP) is 0.840. The van der Waals surface area contributed by atoms with Crippen molar-refractivity contribution in [3.8, 4) is 0 Å². The smallest absolute Gasteiger partial charge is 0.343 e. The summed E-state index contributed by atoms with van der Waals surface area (Å²) >= 11 is 0. The highest BCUT2D eigenvalue weighted by Crippen LogP contribution is 2.05. The van der Waals surface area contributed by atoms with Crippen molar-refractivity contribution >= 4 is 11.6 Å². The number of nitrogens with zero attached hydrogens (tertiary/aromatic N) is 2. The lowest BCUT2D eigenvalue weighted by molar-refractivity contribution is 0.0693. The van der Waals surface area contributed by atoms with Gasteiger partial charge in [-0.15, -0.1) is 0 Å². The number of carboxylic acid groups (broad SMARTS) is 1. The lowest BCUT2D eigenvalue weighted by atomic mass is 10.2. The van der Waals surface area contributed by atoms with Crippen molar-refractivity contribution in [2.45, 2.75) is 6.92 Å². The highest BCUT2D eigenvalue weighted by atomic mass is 19.1. The van der Waals surface area contributed by atoms with E-state index in [0.29, 0.717) is 0 Å². The van der Waals surface area contributed by atoms with Gasteiger partial charge in [0.1, 0.15) is 17.0 Å². The Hall–Kier alpha value is -2.24. The normalized spacial score (nSPS) is 10.6. The van der Waals surface area contributed by atoms with E-state index in [0.717, 1.165) is 16.7 Å². The molecule has 0 saturated carbocycles. The summed E-state index contributed by atoms with van der Waals surface area (Å²) in [5.74, 6) is -2.00. The first-order chi connectivity index (χ1) is 7.50. The molecule has 0 spiro atoms. The zero-order valence-electron chi connectivity index (χ0n) is 8.27. The molecule has 0 aliphatic carbocycles. The van der Waals surface area contributed by atoms with Crippen LogP contribution in [0, 0.1) is 12.7 Å². The summed E-state index contributed by atoms with van der Waals surface area (Å²) in [5, 5.41) is 8.83. The van der Waals surface area contributed by atoms with Gasteiger partial charge in [-0.05, 0) is 19.1 Å². The van der Waals surface area contributed by atoms with E-state index in [-0.39, 0.29) is 11.3 Å². The molecule has 0 unspecified atom stereocenters. The number of carboxylic acids is 1. The van der Waals surface area contributed by atoms with Crippen LogP contribution in [-0.4, -0.2) is 20.5 Å². The van der Waals surface area contributed by atoms with Gasteiger partial charge < -0.3 is 5.11 Å². The molecule has 0 amide bonds. The third-order valence-electron chi connectivity index (χ3n) is 2.18. The van der Waals surface area contributed by atoms with Crippen LogP contribution < -0.4 is 5.56 Å². The molecule has 5 nitrogen and oxygen atoms in total. The maximum Gasteiger partial charge on any atom is 0.343 e. The van der Waals surface area contributed by atoms with E-state index in [2.05, 4.69) is 4.98 Å². The van der Waals surface area contributed by atoms with Gasteiger partial charge in [0.2, 0.25) is 0 Å². The standard InChI is InChI=1S/C10H7FN2O3/c1-5-8(10(15)16)9(14)13-4-6(11)2-3-7(13)12-5/h2-4H,1H3,(H,15,16). The summed E-state index contributed by atoms with van der Waals surface area (Å²) in [6.07, 6.45) is 0.913. The Morgan fingerprint density at radius 2 is 2.19 bits per heavy atom. The third kappa shape index (κ3) is 1.44. The molecule has 0 bridgehead atoms. The molecule has 0 aliphatic rings. The van der Waals surface area contributed by atoms with E-state index in [1.165, 1.54) is 13.0 Å². The van der Waals surface area contributed by atoms with E-state index < -0.39 is 22.9 Å². The van der Waals surface area contributed by atoms with E-state index in [1.807, 2.05) is 0 Å². The topological polar surface area (TPSA) is 71.7 Å². The number of pyridine rings is 1. The molecular formula is C10H7FN2O3. The number of carbonyl (C=O) groups is 1. The van der Waals surface area contributed by atoms with Crippen molar-refractivity contribution in [3.05, 3.63) is 45.8 Å². The number of aryl methyl sites for hydroxylation is 1. The van der Waals surface area contributed by atoms with Gasteiger partial charge in [-0.1, -0.05) is 0 Å². The summed E-state index contributed by atoms with van der Waals surface area (Å²) < 4.78 is 13.8. The van der Waals surface area contributed by atoms with Crippen LogP contribution in [0.5, 0.6) is 0 Å². The van der Waals surface area contributed by atoms with Gasteiger partial charge in [0.15, 0.2) is 0 Å². The number of fused-ring (bicyclic) bond motifs is 1. The summed E-state index contributed by atoms with van der Waals surface area (Å²) in [7, 11) is 0. The summed E-state index contributed by atoms with van der Waals surface area (Å²) in [6, 6.07) is 2.47. The van der Waals surface area contributed by atoms with E-state index in [9.17, 15) is 14.0 Å². The van der Waals surface area contributed by atoms with Crippen LogP contribution in [0.15, 0.2) is 23.1 Å². The highest BCUT2D eigenvalue weighted by Gasteiger charge is 2.16. The van der Waals surface area contributed by atoms with Gasteiger partial charge in [-0.3, -0.25) is 9.20 Å². The minimum atomic E-state index is -1.37. The molecule has 0 fully saturated rings. The largest absolute Gasteiger partial charge is 0.477 e. The number of rotatable bonds is 1. The van der Waals surface area contributed by atoms with Crippen LogP contribution >= 0.6 is 0 Å². The van der Waals surface area contributed by atoms with Crippen LogP contribution in [0.25, 0.3) is 5.65 Å². The Morgan fingerprint density at radius 1 is 1.50 bits per heavy atom. The van der Waals surface area contributed by atoms with Gasteiger partial charge >= 0.3 is 5.97 Å². The molecule has 0 aliphatic heterocycles. The average Bonchev–Trinajstić information content (AvgIpc) is 2.19. The number of hydrogen-bond donors (Lipinski definition) is 1. The SMILES string of the molecule is Cc1nc2ccc(F)cn2c(=O)c1C(=O)O. The van der Waals surface area contributed by atoms with Crippen LogP contribution in [0.2, 0.25) is 0 Å². The fraction of sp³-hybridized carbons (Fsp3) is 0.100. The zero-order valence-corrected chi connectivity index (χ0v) is 8.27. The Labute approximate surface area is 88.8 Å². The van der Waals surface area contributed by atoms with Crippen molar-refractivity contribution in [2.24, 2.45) is 0 Å². The van der Waals surface area contributed by atoms with Crippen LogP contribution in [0.1, 0.15) is 16.1 Å². The second-order valence-corrected chi connectivity index (χ2v) is 3.26. The van der Waals surface area contributed by atoms with Crippen molar-refractivity contribution in [1.82, 2.24) is 9.38 Å². The minimum Gasteiger partial charge on any atom is -0.477 e. The quantitative estimate of drug-likeness (QED) is 0.776. The van der Waals surface area contributed by atoms with Gasteiger partial charge in [-0.25, -0.2) is 14.2 Å². The Kier molecular flexibility index (Phi) is 2.19. The molecule has 2 aromatic heterocycles. The fourth-order valence-corrected chi connectivity index (χ4v) is 1.47. The van der Waals surface area contributed by atoms with Crippen molar-refractivity contribution in [1.29, 1.82) is 0 Å². The monoisotopic (exact) mass is 222 g/mol. The minimum absolute atomic E-state index is 0.115. The molecule has 2 heterocycles. The first-order valence-corrected chi connectivity index (χ1v) is 4.42. The van der Waals surface area contributed by atoms with Crippen LogP contribution in [0.4, 0.5) is 4.39 Å². The van der Waals surface area contributed by atoms with Crippen molar-refractivity contribution in [3.63, 3.8) is 0 Å². The third-order valence-corrected chi connectivity index (χ3v) is 2.18. The molecule has 0 atom stereocenters. The Morgan fingerprint density at radius 3 is 2.81 bits per heavy atom. The lowest BCUT2D eigenvalue weighted by Crippen LogP contribution is -2.25. The second-order valence-electron chi connectivity index (χ2n) is 3.26. The summed E-state index contributed by atoms with van der Waals surface area (Å²) in [5.41, 5.74) is -0.893.